The Morgan fingerprint density at radius 1 is 1.07 bits per heavy atom. The lowest BCUT2D eigenvalue weighted by Crippen LogP contribution is -2.59. The molecule has 4 atom stereocenters. The number of fused-ring (bicyclic) bond motifs is 2. The molecule has 0 amide bonds. The number of hydrogen-bond acceptors (Lipinski definition) is 7. The van der Waals surface area contributed by atoms with Gasteiger partial charge in [0.2, 0.25) is 17.1 Å². The molecule has 3 heterocycles. The van der Waals surface area contributed by atoms with Crippen molar-refractivity contribution in [3.63, 3.8) is 0 Å². The Bertz CT molecular complexity index is 1030. The molecule has 4 rings (SSSR count). The zero-order valence-electron chi connectivity index (χ0n) is 15.0. The maximum atomic E-state index is 10.3. The molecule has 2 aromatic rings. The third kappa shape index (κ3) is 2.11. The summed E-state index contributed by atoms with van der Waals surface area (Å²) in [6, 6.07) is 19.3. The Hall–Kier alpha value is -3.18. The number of ether oxygens (including phenoxy) is 2. The molecule has 1 N–H and O–H groups in total. The number of nitrogens with zero attached hydrogens (tertiary/aromatic N) is 3. The molecule has 2 fully saturated rings. The average Bonchev–Trinajstić information content (AvgIpc) is 3.29. The minimum absolute atomic E-state index is 0.343. The molecule has 1 aromatic heterocycles. The summed E-state index contributed by atoms with van der Waals surface area (Å²) < 4.78 is 12.0. The first-order valence-electron chi connectivity index (χ1n) is 8.74. The van der Waals surface area contributed by atoms with E-state index in [9.17, 15) is 15.8 Å². The molecular weight excluding hydrogens is 372 g/mol. The van der Waals surface area contributed by atoms with Crippen molar-refractivity contribution in [2.75, 3.05) is 0 Å². The molecule has 2 bridgehead atoms. The van der Waals surface area contributed by atoms with Crippen LogP contribution < -0.4 is 0 Å². The first-order valence-corrected chi connectivity index (χ1v) is 9.62. The predicted octanol–water partition coefficient (Wildman–Crippen LogP) is 3.95. The van der Waals surface area contributed by atoms with Crippen LogP contribution in [0.1, 0.15) is 23.5 Å². The predicted molar refractivity (Wildman–Crippen MR) is 101 cm³/mol. The largest absolute Gasteiger partial charge is 0.448 e. The summed E-state index contributed by atoms with van der Waals surface area (Å²) >= 11 is 1.35. The van der Waals surface area contributed by atoms with Gasteiger partial charge in [0.1, 0.15) is 6.10 Å². The Balaban J connectivity index is 1.95. The molecule has 1 aromatic carbocycles. The molecule has 138 valence electrons. The first kappa shape index (κ1) is 18.2. The van der Waals surface area contributed by atoms with Crippen molar-refractivity contribution in [3.8, 4) is 18.2 Å². The lowest BCUT2D eigenvalue weighted by Gasteiger charge is -2.48. The zero-order chi connectivity index (χ0) is 20.0. The van der Waals surface area contributed by atoms with Crippen LogP contribution in [0.25, 0.3) is 0 Å². The van der Waals surface area contributed by atoms with E-state index in [1.807, 2.05) is 35.7 Å². The SMILES string of the molecule is CC12OC(=N)C(C#N)(C1Cc1ccccc1)C(C#N)(C#N)C(c1cccs1)O2. The molecule has 0 aliphatic carbocycles. The van der Waals surface area contributed by atoms with Crippen LogP contribution in [0, 0.1) is 56.2 Å². The van der Waals surface area contributed by atoms with Crippen LogP contribution in [-0.2, 0) is 15.9 Å². The molecular formula is C21H16N4O2S. The van der Waals surface area contributed by atoms with Crippen LogP contribution in [0.5, 0.6) is 0 Å². The van der Waals surface area contributed by atoms with Crippen molar-refractivity contribution in [1.82, 2.24) is 0 Å². The lowest BCUT2D eigenvalue weighted by molar-refractivity contribution is -0.271. The van der Waals surface area contributed by atoms with Gasteiger partial charge in [0, 0.05) is 11.8 Å². The van der Waals surface area contributed by atoms with Crippen molar-refractivity contribution in [1.29, 1.82) is 21.2 Å². The van der Waals surface area contributed by atoms with Gasteiger partial charge in [-0.2, -0.15) is 15.8 Å². The normalized spacial score (nSPS) is 32.6. The van der Waals surface area contributed by atoms with E-state index in [0.29, 0.717) is 11.3 Å². The number of hydrogen-bond donors (Lipinski definition) is 1. The second-order valence-corrected chi connectivity index (χ2v) is 8.13. The third-order valence-electron chi connectivity index (χ3n) is 5.80. The van der Waals surface area contributed by atoms with Crippen LogP contribution >= 0.6 is 11.3 Å². The van der Waals surface area contributed by atoms with Crippen molar-refractivity contribution >= 4 is 17.2 Å². The van der Waals surface area contributed by atoms with Gasteiger partial charge in [0.15, 0.2) is 5.41 Å². The van der Waals surface area contributed by atoms with Gasteiger partial charge in [0.05, 0.1) is 24.1 Å². The molecule has 2 aliphatic rings. The number of nitrogens with one attached hydrogen (secondary N) is 1. The van der Waals surface area contributed by atoms with Gasteiger partial charge < -0.3 is 9.47 Å². The quantitative estimate of drug-likeness (QED) is 0.855. The molecule has 4 unspecified atom stereocenters. The van der Waals surface area contributed by atoms with E-state index in [0.717, 1.165) is 5.56 Å². The highest BCUT2D eigenvalue weighted by Crippen LogP contribution is 2.67. The van der Waals surface area contributed by atoms with E-state index in [1.54, 1.807) is 19.1 Å². The topological polar surface area (TPSA) is 114 Å². The second kappa shape index (κ2) is 6.17. The van der Waals surface area contributed by atoms with Crippen LogP contribution in [0.15, 0.2) is 47.8 Å². The highest BCUT2D eigenvalue weighted by Gasteiger charge is 2.79. The highest BCUT2D eigenvalue weighted by molar-refractivity contribution is 7.10. The van der Waals surface area contributed by atoms with E-state index in [2.05, 4.69) is 18.2 Å². The minimum atomic E-state index is -1.90. The fourth-order valence-electron chi connectivity index (χ4n) is 4.43. The Morgan fingerprint density at radius 3 is 2.36 bits per heavy atom. The number of rotatable bonds is 3. The van der Waals surface area contributed by atoms with Crippen molar-refractivity contribution in [2.45, 2.75) is 25.2 Å². The summed E-state index contributed by atoms with van der Waals surface area (Å²) in [5, 5.41) is 40.9. The summed E-state index contributed by atoms with van der Waals surface area (Å²) in [7, 11) is 0. The standard InChI is InChI=1S/C21H16N4O2S/c1-19-16(10-14-6-3-2-4-7-14)21(13-24,18(25)27-19)20(11-22,12-23)17(26-19)15-8-5-9-28-15/h2-9,16-17,25H,10H2,1H3. The van der Waals surface area contributed by atoms with Crippen LogP contribution in [0.2, 0.25) is 0 Å². The molecule has 7 heteroatoms. The molecule has 0 saturated carbocycles. The van der Waals surface area contributed by atoms with Gasteiger partial charge in [0.25, 0.3) is 0 Å². The number of nitriles is 3. The monoisotopic (exact) mass is 388 g/mol. The molecule has 0 spiro atoms. The zero-order valence-corrected chi connectivity index (χ0v) is 15.9. The summed E-state index contributed by atoms with van der Waals surface area (Å²) in [4.78, 5) is 0.658. The smallest absolute Gasteiger partial charge is 0.215 e. The summed E-state index contributed by atoms with van der Waals surface area (Å²) in [5.41, 5.74) is -2.73. The molecule has 6 nitrogen and oxygen atoms in total. The van der Waals surface area contributed by atoms with E-state index in [1.165, 1.54) is 11.3 Å². The van der Waals surface area contributed by atoms with Gasteiger partial charge in [-0.05, 0) is 23.4 Å². The Labute approximate surface area is 166 Å². The fourth-order valence-corrected chi connectivity index (χ4v) is 5.25. The van der Waals surface area contributed by atoms with Gasteiger partial charge in [-0.3, -0.25) is 5.41 Å². The van der Waals surface area contributed by atoms with E-state index < -0.39 is 28.6 Å². The maximum Gasteiger partial charge on any atom is 0.215 e. The number of thiophene rings is 1. The van der Waals surface area contributed by atoms with Crippen molar-refractivity contribution in [3.05, 3.63) is 58.3 Å². The summed E-state index contributed by atoms with van der Waals surface area (Å²) in [6.45, 7) is 1.69. The maximum absolute atomic E-state index is 10.3. The van der Waals surface area contributed by atoms with Crippen LogP contribution in [-0.4, -0.2) is 11.7 Å². The second-order valence-electron chi connectivity index (χ2n) is 7.15. The van der Waals surface area contributed by atoms with Gasteiger partial charge in [-0.1, -0.05) is 36.4 Å². The minimum Gasteiger partial charge on any atom is -0.448 e. The van der Waals surface area contributed by atoms with Crippen LogP contribution in [0.3, 0.4) is 0 Å². The highest BCUT2D eigenvalue weighted by atomic mass is 32.1. The first-order chi connectivity index (χ1) is 13.5. The van der Waals surface area contributed by atoms with E-state index >= 15 is 0 Å². The van der Waals surface area contributed by atoms with E-state index in [4.69, 9.17) is 14.9 Å². The molecule has 0 radical (unpaired) electrons. The third-order valence-corrected chi connectivity index (χ3v) is 6.71. The van der Waals surface area contributed by atoms with Crippen molar-refractivity contribution < 1.29 is 9.47 Å². The summed E-state index contributed by atoms with van der Waals surface area (Å²) in [6.07, 6.45) is -0.641. The summed E-state index contributed by atoms with van der Waals surface area (Å²) in [5.74, 6) is -2.36. The van der Waals surface area contributed by atoms with Crippen LogP contribution in [0.4, 0.5) is 0 Å². The van der Waals surface area contributed by atoms with E-state index in [-0.39, 0.29) is 5.90 Å². The number of benzene rings is 1. The molecule has 28 heavy (non-hydrogen) atoms. The van der Waals surface area contributed by atoms with Gasteiger partial charge in [-0.15, -0.1) is 11.3 Å². The fraction of sp³-hybridized carbons (Fsp3) is 0.333. The molecule has 2 aliphatic heterocycles. The Kier molecular flexibility index (Phi) is 4.01. The average molecular weight is 388 g/mol. The lowest BCUT2D eigenvalue weighted by atomic mass is 9.53. The van der Waals surface area contributed by atoms with Gasteiger partial charge in [-0.25, -0.2) is 0 Å². The molecule has 2 saturated heterocycles. The van der Waals surface area contributed by atoms with Gasteiger partial charge >= 0.3 is 0 Å². The van der Waals surface area contributed by atoms with Crippen molar-refractivity contribution in [2.24, 2.45) is 16.7 Å². The Morgan fingerprint density at radius 2 is 1.79 bits per heavy atom.